The van der Waals surface area contributed by atoms with Crippen LogP contribution in [0.2, 0.25) is 0 Å². The molecule has 0 N–H and O–H groups in total. The Hall–Kier alpha value is -1.30. The van der Waals surface area contributed by atoms with Crippen LogP contribution in [0.5, 0.6) is 0 Å². The fourth-order valence-corrected chi connectivity index (χ4v) is 2.07. The van der Waals surface area contributed by atoms with Gasteiger partial charge in [-0.2, -0.15) is 0 Å². The predicted octanol–water partition coefficient (Wildman–Crippen LogP) is 5.31. The van der Waals surface area contributed by atoms with Gasteiger partial charge in [-0.15, -0.1) is 0 Å². The highest BCUT2D eigenvalue weighted by Gasteiger charge is 1.95. The zero-order valence-electron chi connectivity index (χ0n) is 11.9. The Morgan fingerprint density at radius 2 is 1.94 bits per heavy atom. The first-order valence-electron chi connectivity index (χ1n) is 6.68. The van der Waals surface area contributed by atoms with E-state index in [1.807, 2.05) is 0 Å². The maximum atomic E-state index is 5.49. The molecule has 0 fully saturated rings. The topological polar surface area (TPSA) is 0 Å². The van der Waals surface area contributed by atoms with E-state index in [0.717, 1.165) is 19.3 Å². The number of hydrogen-bond donors (Lipinski definition) is 0. The van der Waals surface area contributed by atoms with Crippen LogP contribution in [0.25, 0.3) is 0 Å². The summed E-state index contributed by atoms with van der Waals surface area (Å²) in [7, 11) is 0. The van der Waals surface area contributed by atoms with Gasteiger partial charge in [-0.25, -0.2) is 0 Å². The molecule has 0 heterocycles. The van der Waals surface area contributed by atoms with Crippen molar-refractivity contribution in [1.29, 1.82) is 0 Å². The third-order valence-electron chi connectivity index (χ3n) is 3.06. The molecular formula is C18H24. The van der Waals surface area contributed by atoms with Crippen LogP contribution in [0.15, 0.2) is 47.6 Å². The molecule has 0 aliphatic rings. The highest BCUT2D eigenvalue weighted by molar-refractivity contribution is 5.26. The maximum absolute atomic E-state index is 5.49. The normalized spacial score (nSPS) is 12.9. The quantitative estimate of drug-likeness (QED) is 0.591. The summed E-state index contributed by atoms with van der Waals surface area (Å²) in [5, 5.41) is 0. The summed E-state index contributed by atoms with van der Waals surface area (Å²) >= 11 is 0. The summed E-state index contributed by atoms with van der Waals surface area (Å²) < 4.78 is 0. The monoisotopic (exact) mass is 240 g/mol. The number of aryl methyl sites for hydroxylation is 1. The summed E-state index contributed by atoms with van der Waals surface area (Å²) in [6, 6.07) is 8.73. The lowest BCUT2D eigenvalue weighted by molar-refractivity contribution is 0.948. The molecule has 0 amide bonds. The zero-order valence-corrected chi connectivity index (χ0v) is 11.9. The van der Waals surface area contributed by atoms with Gasteiger partial charge in [0, 0.05) is 0 Å². The lowest BCUT2D eigenvalue weighted by Crippen LogP contribution is -1.88. The van der Waals surface area contributed by atoms with E-state index < -0.39 is 0 Å². The summed E-state index contributed by atoms with van der Waals surface area (Å²) in [4.78, 5) is 0. The third-order valence-corrected chi connectivity index (χ3v) is 3.06. The van der Waals surface area contributed by atoms with E-state index in [9.17, 15) is 0 Å². The average Bonchev–Trinajstić information content (AvgIpc) is 2.29. The molecule has 18 heavy (non-hydrogen) atoms. The highest BCUT2D eigenvalue weighted by atomic mass is 14.0. The molecule has 0 heteroatoms. The summed E-state index contributed by atoms with van der Waals surface area (Å²) in [5.74, 6) is 0. The molecule has 0 unspecified atom stereocenters. The van der Waals surface area contributed by atoms with E-state index >= 15 is 0 Å². The van der Waals surface area contributed by atoms with E-state index in [0.29, 0.717) is 6.42 Å². The van der Waals surface area contributed by atoms with E-state index in [-0.39, 0.29) is 0 Å². The molecule has 0 saturated heterocycles. The maximum Gasteiger partial charge on any atom is -0.00698 e. The number of benzene rings is 1. The Bertz CT molecular complexity index is 421. The average molecular weight is 240 g/mol. The second-order valence-corrected chi connectivity index (χ2v) is 5.04. The fourth-order valence-electron chi connectivity index (χ4n) is 2.07. The van der Waals surface area contributed by atoms with Crippen molar-refractivity contribution in [3.05, 3.63) is 65.6 Å². The van der Waals surface area contributed by atoms with Crippen LogP contribution in [0, 0.1) is 13.8 Å². The number of hydrogen-bond acceptors (Lipinski definition) is 0. The highest BCUT2D eigenvalue weighted by Crippen LogP contribution is 2.12. The van der Waals surface area contributed by atoms with Gasteiger partial charge in [0.25, 0.3) is 0 Å². The van der Waals surface area contributed by atoms with E-state index in [2.05, 4.69) is 57.2 Å². The predicted molar refractivity (Wildman–Crippen MR) is 80.5 cm³/mol. The van der Waals surface area contributed by atoms with Gasteiger partial charge >= 0.3 is 0 Å². The molecule has 0 aliphatic heterocycles. The second kappa shape index (κ2) is 7.92. The van der Waals surface area contributed by atoms with Crippen LogP contribution in [0.4, 0.5) is 0 Å². The van der Waals surface area contributed by atoms with Gasteiger partial charge in [-0.1, -0.05) is 53.1 Å². The standard InChI is InChI=1S/C18H24/c1-5-8-15(2)9-6-10-16(3)13-18-12-7-11-17(4)14-18/h1,7-8,10-12,14H,5-6,9,13H2,2-4H3/b15-8+,16-10+. The Balaban J connectivity index is 2.45. The van der Waals surface area contributed by atoms with Crippen LogP contribution >= 0.6 is 0 Å². The van der Waals surface area contributed by atoms with E-state index in [1.54, 1.807) is 0 Å². The zero-order chi connectivity index (χ0) is 13.4. The summed E-state index contributed by atoms with van der Waals surface area (Å²) in [5.41, 5.74) is 5.57. The molecule has 0 spiro atoms. The van der Waals surface area contributed by atoms with Crippen LogP contribution in [0.3, 0.4) is 0 Å². The van der Waals surface area contributed by atoms with Gasteiger partial charge in [0.1, 0.15) is 0 Å². The number of rotatable bonds is 6. The lowest BCUT2D eigenvalue weighted by atomic mass is 10.0. The minimum absolute atomic E-state index is 0.651. The Morgan fingerprint density at radius 1 is 1.17 bits per heavy atom. The number of allylic oxidation sites excluding steroid dienone is 4. The molecule has 1 aromatic rings. The van der Waals surface area contributed by atoms with Gasteiger partial charge in [-0.3, -0.25) is 0 Å². The molecule has 1 rings (SSSR count). The fraction of sp³-hybridized carbons (Fsp3) is 0.389. The van der Waals surface area contributed by atoms with Crippen LogP contribution in [0.1, 0.15) is 44.2 Å². The molecular weight excluding hydrogens is 216 g/mol. The Kier molecular flexibility index (Phi) is 6.49. The van der Waals surface area contributed by atoms with E-state index in [1.165, 1.54) is 22.3 Å². The molecule has 0 saturated carbocycles. The first-order chi connectivity index (χ1) is 8.61. The van der Waals surface area contributed by atoms with Crippen molar-refractivity contribution in [2.75, 3.05) is 0 Å². The van der Waals surface area contributed by atoms with Crippen LogP contribution in [-0.2, 0) is 6.42 Å². The van der Waals surface area contributed by atoms with Crippen molar-refractivity contribution in [3.63, 3.8) is 0 Å². The molecule has 0 aliphatic carbocycles. The molecule has 0 nitrogen and oxygen atoms in total. The first kappa shape index (κ1) is 14.8. The summed E-state index contributed by atoms with van der Waals surface area (Å²) in [6.45, 7) is 12.0. The molecule has 0 aromatic heterocycles. The van der Waals surface area contributed by atoms with Crippen molar-refractivity contribution >= 4 is 0 Å². The molecule has 96 valence electrons. The molecule has 0 bridgehead atoms. The van der Waals surface area contributed by atoms with Crippen LogP contribution in [-0.4, -0.2) is 0 Å². The Morgan fingerprint density at radius 3 is 2.61 bits per heavy atom. The first-order valence-corrected chi connectivity index (χ1v) is 6.68. The smallest absolute Gasteiger partial charge is 0.00698 e. The second-order valence-electron chi connectivity index (χ2n) is 5.04. The van der Waals surface area contributed by atoms with Gasteiger partial charge in [0.2, 0.25) is 0 Å². The van der Waals surface area contributed by atoms with Crippen molar-refractivity contribution in [3.8, 4) is 0 Å². The summed E-state index contributed by atoms with van der Waals surface area (Å²) in [6.07, 6.45) is 8.38. The largest absolute Gasteiger partial charge is 0.0853 e. The molecule has 0 atom stereocenters. The van der Waals surface area contributed by atoms with Crippen molar-refractivity contribution < 1.29 is 0 Å². The minimum atomic E-state index is 0.651. The minimum Gasteiger partial charge on any atom is -0.0853 e. The molecule has 1 aromatic carbocycles. The van der Waals surface area contributed by atoms with Crippen molar-refractivity contribution in [2.45, 2.75) is 46.5 Å². The Labute approximate surface area is 112 Å². The van der Waals surface area contributed by atoms with Crippen LogP contribution < -0.4 is 0 Å². The SMILES string of the molecule is [CH]C/C=C(\C)CC/C=C(\C)Cc1cccc(C)c1. The van der Waals surface area contributed by atoms with Crippen molar-refractivity contribution in [1.82, 2.24) is 0 Å². The van der Waals surface area contributed by atoms with Gasteiger partial charge in [0.05, 0.1) is 0 Å². The van der Waals surface area contributed by atoms with Gasteiger partial charge in [-0.05, 0) is 58.9 Å². The van der Waals surface area contributed by atoms with Gasteiger partial charge in [0.15, 0.2) is 0 Å². The van der Waals surface area contributed by atoms with E-state index in [4.69, 9.17) is 6.92 Å². The van der Waals surface area contributed by atoms with Gasteiger partial charge < -0.3 is 0 Å². The van der Waals surface area contributed by atoms with Crippen molar-refractivity contribution in [2.24, 2.45) is 0 Å². The third kappa shape index (κ3) is 5.86. The molecule has 2 radical (unpaired) electrons. The lowest BCUT2D eigenvalue weighted by Gasteiger charge is -2.04.